The van der Waals surface area contributed by atoms with Gasteiger partial charge in [-0.3, -0.25) is 14.2 Å². The maximum absolute atomic E-state index is 13.5. The number of hydrogen-bond acceptors (Lipinski definition) is 7. The number of allylic oxidation sites excluding steroid dienone is 1. The average Bonchev–Trinajstić information content (AvgIpc) is 3.12. The highest BCUT2D eigenvalue weighted by Crippen LogP contribution is 2.31. The van der Waals surface area contributed by atoms with Crippen LogP contribution in [0.4, 0.5) is 4.39 Å². The third kappa shape index (κ3) is 5.04. The lowest BCUT2D eigenvalue weighted by molar-refractivity contribution is -0.138. The predicted molar refractivity (Wildman–Crippen MR) is 129 cm³/mol. The highest BCUT2D eigenvalue weighted by atomic mass is 32.1. The summed E-state index contributed by atoms with van der Waals surface area (Å²) in [7, 11) is 0. The van der Waals surface area contributed by atoms with E-state index in [0.717, 1.165) is 0 Å². The summed E-state index contributed by atoms with van der Waals surface area (Å²) in [6, 6.07) is 11.5. The van der Waals surface area contributed by atoms with Crippen molar-refractivity contribution < 1.29 is 23.5 Å². The molecule has 0 N–H and O–H groups in total. The molecule has 1 aromatic heterocycles. The third-order valence-electron chi connectivity index (χ3n) is 5.20. The summed E-state index contributed by atoms with van der Waals surface area (Å²) in [4.78, 5) is 42.7. The highest BCUT2D eigenvalue weighted by Gasteiger charge is 2.33. The van der Waals surface area contributed by atoms with Crippen molar-refractivity contribution in [3.63, 3.8) is 0 Å². The van der Waals surface area contributed by atoms with Crippen molar-refractivity contribution in [3.05, 3.63) is 109 Å². The van der Waals surface area contributed by atoms with Gasteiger partial charge in [-0.25, -0.2) is 14.2 Å². The van der Waals surface area contributed by atoms with Crippen LogP contribution in [0.1, 0.15) is 31.0 Å². The second kappa shape index (κ2) is 10.0. The topological polar surface area (TPSA) is 87.0 Å². The summed E-state index contributed by atoms with van der Waals surface area (Å²) < 4.78 is 25.5. The highest BCUT2D eigenvalue weighted by molar-refractivity contribution is 7.07. The Balaban J connectivity index is 1.88. The molecule has 1 aliphatic rings. The fourth-order valence-corrected chi connectivity index (χ4v) is 4.75. The van der Waals surface area contributed by atoms with Gasteiger partial charge in [-0.05, 0) is 48.4 Å². The smallest absolute Gasteiger partial charge is 0.338 e. The quantitative estimate of drug-likeness (QED) is 0.300. The summed E-state index contributed by atoms with van der Waals surface area (Å²) in [6.45, 7) is 6.55. The molecule has 0 radical (unpaired) electrons. The van der Waals surface area contributed by atoms with Gasteiger partial charge in [-0.2, -0.15) is 0 Å². The van der Waals surface area contributed by atoms with E-state index in [1.165, 1.54) is 41.0 Å². The Morgan fingerprint density at radius 3 is 2.49 bits per heavy atom. The van der Waals surface area contributed by atoms with Crippen molar-refractivity contribution >= 4 is 29.4 Å². The van der Waals surface area contributed by atoms with E-state index in [0.29, 0.717) is 31.9 Å². The SMILES string of the molecule is C=CCOC(=O)C1=C(C)N=c2s/c(=C/c3ccc(F)cc3)c(=O)n2[C@@H]1c1ccc(OC(C)=O)cc1. The van der Waals surface area contributed by atoms with Gasteiger partial charge in [0.1, 0.15) is 18.2 Å². The van der Waals surface area contributed by atoms with Gasteiger partial charge >= 0.3 is 11.9 Å². The van der Waals surface area contributed by atoms with E-state index in [9.17, 15) is 18.8 Å². The van der Waals surface area contributed by atoms with E-state index < -0.39 is 18.0 Å². The van der Waals surface area contributed by atoms with Crippen molar-refractivity contribution in [1.29, 1.82) is 0 Å². The summed E-state index contributed by atoms with van der Waals surface area (Å²) in [5.41, 5.74) is 1.54. The molecule has 0 bridgehead atoms. The number of nitrogens with zero attached hydrogens (tertiary/aromatic N) is 2. The van der Waals surface area contributed by atoms with E-state index in [1.54, 1.807) is 49.4 Å². The maximum atomic E-state index is 13.5. The summed E-state index contributed by atoms with van der Waals surface area (Å²) in [5.74, 6) is -1.12. The number of fused-ring (bicyclic) bond motifs is 1. The number of rotatable bonds is 6. The molecule has 2 aromatic carbocycles. The zero-order valence-corrected chi connectivity index (χ0v) is 19.8. The van der Waals surface area contributed by atoms with E-state index in [2.05, 4.69) is 11.6 Å². The van der Waals surface area contributed by atoms with Crippen LogP contribution in [0.25, 0.3) is 6.08 Å². The number of aromatic nitrogens is 1. The normalized spacial score (nSPS) is 15.3. The summed E-state index contributed by atoms with van der Waals surface area (Å²) in [6.07, 6.45) is 3.10. The maximum Gasteiger partial charge on any atom is 0.338 e. The molecule has 3 aromatic rings. The van der Waals surface area contributed by atoms with E-state index >= 15 is 0 Å². The Bertz CT molecular complexity index is 1520. The van der Waals surface area contributed by atoms with Gasteiger partial charge in [-0.15, -0.1) is 0 Å². The molecule has 0 spiro atoms. The van der Waals surface area contributed by atoms with Gasteiger partial charge in [-0.1, -0.05) is 48.3 Å². The number of carbonyl (C=O) groups excluding carboxylic acids is 2. The van der Waals surface area contributed by atoms with Crippen molar-refractivity contribution in [3.8, 4) is 5.75 Å². The Morgan fingerprint density at radius 2 is 1.86 bits per heavy atom. The van der Waals surface area contributed by atoms with Crippen LogP contribution in [0.2, 0.25) is 0 Å². The number of halogens is 1. The third-order valence-corrected chi connectivity index (χ3v) is 6.18. The van der Waals surface area contributed by atoms with Gasteiger partial charge in [0.05, 0.1) is 21.8 Å². The van der Waals surface area contributed by atoms with Crippen LogP contribution in [0.3, 0.4) is 0 Å². The molecule has 4 rings (SSSR count). The zero-order valence-electron chi connectivity index (χ0n) is 19.0. The van der Waals surface area contributed by atoms with Gasteiger partial charge in [0, 0.05) is 6.92 Å². The van der Waals surface area contributed by atoms with Crippen molar-refractivity contribution in [2.24, 2.45) is 4.99 Å². The molecule has 7 nitrogen and oxygen atoms in total. The number of carbonyl (C=O) groups is 2. The van der Waals surface area contributed by atoms with Crippen LogP contribution in [-0.4, -0.2) is 23.1 Å². The van der Waals surface area contributed by atoms with Crippen LogP contribution in [0, 0.1) is 5.82 Å². The molecule has 1 aliphatic heterocycles. The van der Waals surface area contributed by atoms with Crippen LogP contribution >= 0.6 is 11.3 Å². The Kier molecular flexibility index (Phi) is 6.88. The minimum atomic E-state index is -0.815. The van der Waals surface area contributed by atoms with E-state index in [-0.39, 0.29) is 23.6 Å². The number of esters is 2. The van der Waals surface area contributed by atoms with Gasteiger partial charge in [0.15, 0.2) is 4.80 Å². The molecular formula is C26H21FN2O5S. The lowest BCUT2D eigenvalue weighted by atomic mass is 9.96. The summed E-state index contributed by atoms with van der Waals surface area (Å²) in [5, 5.41) is 0. The van der Waals surface area contributed by atoms with E-state index in [4.69, 9.17) is 9.47 Å². The molecule has 0 unspecified atom stereocenters. The molecule has 2 heterocycles. The molecule has 9 heteroatoms. The monoisotopic (exact) mass is 492 g/mol. The Labute approximate surface area is 203 Å². The number of thiazole rings is 1. The average molecular weight is 493 g/mol. The van der Waals surface area contributed by atoms with E-state index in [1.807, 2.05) is 0 Å². The minimum Gasteiger partial charge on any atom is -0.458 e. The molecule has 0 saturated carbocycles. The Morgan fingerprint density at radius 1 is 1.17 bits per heavy atom. The van der Waals surface area contributed by atoms with Crippen LogP contribution in [-0.2, 0) is 14.3 Å². The largest absolute Gasteiger partial charge is 0.458 e. The molecule has 1 atom stereocenters. The van der Waals surface area contributed by atoms with Crippen LogP contribution < -0.4 is 19.6 Å². The number of hydrogen-bond donors (Lipinski definition) is 0. The van der Waals surface area contributed by atoms with Crippen LogP contribution in [0.15, 0.2) is 82.2 Å². The molecule has 35 heavy (non-hydrogen) atoms. The number of ether oxygens (including phenoxy) is 2. The van der Waals surface area contributed by atoms with Crippen molar-refractivity contribution in [2.75, 3.05) is 6.61 Å². The van der Waals surface area contributed by atoms with Gasteiger partial charge in [0.25, 0.3) is 5.56 Å². The zero-order chi connectivity index (χ0) is 25.1. The first-order chi connectivity index (χ1) is 16.8. The first-order valence-electron chi connectivity index (χ1n) is 10.6. The minimum absolute atomic E-state index is 0.00269. The molecule has 0 saturated heterocycles. The lowest BCUT2D eigenvalue weighted by Gasteiger charge is -2.24. The molecule has 0 amide bonds. The fraction of sp³-hybridized carbons (Fsp3) is 0.154. The van der Waals surface area contributed by atoms with Crippen molar-refractivity contribution in [2.45, 2.75) is 19.9 Å². The molecule has 0 aliphatic carbocycles. The van der Waals surface area contributed by atoms with Gasteiger partial charge < -0.3 is 9.47 Å². The van der Waals surface area contributed by atoms with Crippen LogP contribution in [0.5, 0.6) is 5.75 Å². The molecular weight excluding hydrogens is 471 g/mol. The predicted octanol–water partition coefficient (Wildman–Crippen LogP) is 3.03. The van der Waals surface area contributed by atoms with Gasteiger partial charge in [0.2, 0.25) is 0 Å². The number of benzene rings is 2. The second-order valence-corrected chi connectivity index (χ2v) is 8.69. The first kappa shape index (κ1) is 24.0. The van der Waals surface area contributed by atoms with Crippen molar-refractivity contribution in [1.82, 2.24) is 4.57 Å². The summed E-state index contributed by atoms with van der Waals surface area (Å²) >= 11 is 1.17. The molecule has 0 fully saturated rings. The lowest BCUT2D eigenvalue weighted by Crippen LogP contribution is -2.39. The Hall–Kier alpha value is -4.11. The fourth-order valence-electron chi connectivity index (χ4n) is 3.70. The molecule has 178 valence electrons. The standard InChI is InChI=1S/C26H21FN2O5S/c1-4-13-33-25(32)22-15(2)28-26-29(23(22)18-7-11-20(12-8-18)34-16(3)30)24(31)21(35-26)14-17-5-9-19(27)10-6-17/h4-12,14,23H,1,13H2,2-3H3/b21-14+/t23-/m1/s1. The first-order valence-corrected chi connectivity index (χ1v) is 11.4. The second-order valence-electron chi connectivity index (χ2n) is 7.68.